The van der Waals surface area contributed by atoms with Crippen LogP contribution in [0.2, 0.25) is 0 Å². The quantitative estimate of drug-likeness (QED) is 0.583. The molecule has 1 aliphatic heterocycles. The van der Waals surface area contributed by atoms with Gasteiger partial charge in [0.2, 0.25) is 0 Å². The van der Waals surface area contributed by atoms with Gasteiger partial charge in [0.15, 0.2) is 0 Å². The van der Waals surface area contributed by atoms with E-state index in [4.69, 9.17) is 0 Å². The molecule has 0 aromatic rings. The average Bonchev–Trinajstić information content (AvgIpc) is 2.50. The van der Waals surface area contributed by atoms with Crippen molar-refractivity contribution in [1.82, 2.24) is 10.6 Å². The Bertz CT molecular complexity index is 87.6. The molecule has 0 aliphatic carbocycles. The van der Waals surface area contributed by atoms with Crippen LogP contribution < -0.4 is 10.6 Å². The van der Waals surface area contributed by atoms with Crippen LogP contribution in [-0.4, -0.2) is 25.7 Å². The first kappa shape index (κ1) is 9.01. The van der Waals surface area contributed by atoms with E-state index in [-0.39, 0.29) is 0 Å². The van der Waals surface area contributed by atoms with Gasteiger partial charge in [0.25, 0.3) is 0 Å². The predicted molar refractivity (Wildman–Crippen MR) is 48.8 cm³/mol. The Balaban J connectivity index is 1.86. The monoisotopic (exact) mass is 156 g/mol. The molecule has 1 aliphatic rings. The van der Waals surface area contributed by atoms with E-state index < -0.39 is 0 Å². The molecule has 2 nitrogen and oxygen atoms in total. The molecular formula is C9H20N2. The van der Waals surface area contributed by atoms with Crippen molar-refractivity contribution in [2.45, 2.75) is 38.6 Å². The highest BCUT2D eigenvalue weighted by molar-refractivity contribution is 4.75. The number of hydrogen-bond donors (Lipinski definition) is 2. The van der Waals surface area contributed by atoms with Crippen LogP contribution in [-0.2, 0) is 0 Å². The van der Waals surface area contributed by atoms with Gasteiger partial charge in [-0.05, 0) is 32.4 Å². The van der Waals surface area contributed by atoms with Gasteiger partial charge in [-0.3, -0.25) is 0 Å². The van der Waals surface area contributed by atoms with Crippen LogP contribution >= 0.6 is 0 Å². The maximum absolute atomic E-state index is 3.47. The van der Waals surface area contributed by atoms with Crippen LogP contribution in [0.1, 0.15) is 32.6 Å². The highest BCUT2D eigenvalue weighted by Crippen LogP contribution is 2.02. The van der Waals surface area contributed by atoms with E-state index in [0.29, 0.717) is 0 Å². The molecule has 0 bridgehead atoms. The maximum atomic E-state index is 3.47. The smallest absolute Gasteiger partial charge is 0.0192 e. The van der Waals surface area contributed by atoms with Crippen LogP contribution in [0.25, 0.3) is 0 Å². The van der Waals surface area contributed by atoms with Gasteiger partial charge < -0.3 is 10.6 Å². The average molecular weight is 156 g/mol. The van der Waals surface area contributed by atoms with Gasteiger partial charge in [0.1, 0.15) is 0 Å². The van der Waals surface area contributed by atoms with Gasteiger partial charge in [-0.25, -0.2) is 0 Å². The van der Waals surface area contributed by atoms with Gasteiger partial charge in [-0.1, -0.05) is 13.3 Å². The van der Waals surface area contributed by atoms with Crippen molar-refractivity contribution in [3.05, 3.63) is 0 Å². The molecule has 0 radical (unpaired) electrons. The standard InChI is InChI=1S/C9H20N2/c1-2-3-6-10-8-9-5-4-7-11-9/h9-11H,2-8H2,1H3/t9-/m0/s1. The lowest BCUT2D eigenvalue weighted by Crippen LogP contribution is -2.34. The second kappa shape index (κ2) is 5.56. The normalized spacial score (nSPS) is 24.3. The third-order valence-corrected chi connectivity index (χ3v) is 2.26. The lowest BCUT2D eigenvalue weighted by molar-refractivity contribution is 0.527. The minimum atomic E-state index is 0.756. The van der Waals surface area contributed by atoms with Gasteiger partial charge in [0, 0.05) is 12.6 Å². The zero-order valence-electron chi connectivity index (χ0n) is 7.53. The Hall–Kier alpha value is -0.0800. The van der Waals surface area contributed by atoms with Crippen molar-refractivity contribution in [2.24, 2.45) is 0 Å². The molecule has 1 fully saturated rings. The van der Waals surface area contributed by atoms with E-state index in [1.807, 2.05) is 0 Å². The Morgan fingerprint density at radius 2 is 2.45 bits per heavy atom. The van der Waals surface area contributed by atoms with Gasteiger partial charge >= 0.3 is 0 Å². The SMILES string of the molecule is CCCCNC[C@@H]1CCCN1. The molecule has 1 saturated heterocycles. The summed E-state index contributed by atoms with van der Waals surface area (Å²) >= 11 is 0. The highest BCUT2D eigenvalue weighted by atomic mass is 15.0. The summed E-state index contributed by atoms with van der Waals surface area (Å²) in [6.45, 7) is 5.81. The van der Waals surface area contributed by atoms with Crippen molar-refractivity contribution in [3.8, 4) is 0 Å². The van der Waals surface area contributed by atoms with Crippen LogP contribution in [0.3, 0.4) is 0 Å². The lowest BCUT2D eigenvalue weighted by atomic mass is 10.2. The maximum Gasteiger partial charge on any atom is 0.0192 e. The summed E-state index contributed by atoms with van der Waals surface area (Å²) in [5, 5.41) is 6.94. The van der Waals surface area contributed by atoms with Gasteiger partial charge in [-0.2, -0.15) is 0 Å². The summed E-state index contributed by atoms with van der Waals surface area (Å²) < 4.78 is 0. The predicted octanol–water partition coefficient (Wildman–Crippen LogP) is 1.13. The van der Waals surface area contributed by atoms with Gasteiger partial charge in [0.05, 0.1) is 0 Å². The first-order chi connectivity index (χ1) is 5.43. The fourth-order valence-electron chi connectivity index (χ4n) is 1.51. The minimum absolute atomic E-state index is 0.756. The fourth-order valence-corrected chi connectivity index (χ4v) is 1.51. The van der Waals surface area contributed by atoms with Crippen LogP contribution in [0, 0.1) is 0 Å². The molecule has 1 rings (SSSR count). The molecule has 0 aromatic heterocycles. The molecule has 0 spiro atoms. The molecule has 11 heavy (non-hydrogen) atoms. The summed E-state index contributed by atoms with van der Waals surface area (Å²) in [5.74, 6) is 0. The van der Waals surface area contributed by atoms with E-state index >= 15 is 0 Å². The van der Waals surface area contributed by atoms with Crippen molar-refractivity contribution in [3.63, 3.8) is 0 Å². The number of nitrogens with one attached hydrogen (secondary N) is 2. The third kappa shape index (κ3) is 3.73. The van der Waals surface area contributed by atoms with Gasteiger partial charge in [-0.15, -0.1) is 0 Å². The molecule has 1 atom stereocenters. The van der Waals surface area contributed by atoms with Crippen LogP contribution in [0.15, 0.2) is 0 Å². The van der Waals surface area contributed by atoms with E-state index in [2.05, 4.69) is 17.6 Å². The van der Waals surface area contributed by atoms with E-state index in [1.54, 1.807) is 0 Å². The number of unbranched alkanes of at least 4 members (excludes halogenated alkanes) is 1. The third-order valence-electron chi connectivity index (χ3n) is 2.26. The van der Waals surface area contributed by atoms with E-state index in [1.165, 1.54) is 45.3 Å². The zero-order valence-corrected chi connectivity index (χ0v) is 7.53. The summed E-state index contributed by atoms with van der Waals surface area (Å²) in [6.07, 6.45) is 5.33. The molecular weight excluding hydrogens is 136 g/mol. The topological polar surface area (TPSA) is 24.1 Å². The molecule has 1 heterocycles. The summed E-state index contributed by atoms with van der Waals surface area (Å²) in [5.41, 5.74) is 0. The number of rotatable bonds is 5. The fraction of sp³-hybridized carbons (Fsp3) is 1.00. The Morgan fingerprint density at radius 1 is 1.55 bits per heavy atom. The second-order valence-corrected chi connectivity index (χ2v) is 3.35. The van der Waals surface area contributed by atoms with Crippen LogP contribution in [0.4, 0.5) is 0 Å². The first-order valence-corrected chi connectivity index (χ1v) is 4.87. The molecule has 0 saturated carbocycles. The second-order valence-electron chi connectivity index (χ2n) is 3.35. The molecule has 0 aromatic carbocycles. The van der Waals surface area contributed by atoms with Crippen molar-refractivity contribution >= 4 is 0 Å². The van der Waals surface area contributed by atoms with E-state index in [0.717, 1.165) is 6.04 Å². The highest BCUT2D eigenvalue weighted by Gasteiger charge is 2.12. The Morgan fingerprint density at radius 3 is 3.09 bits per heavy atom. The number of hydrogen-bond acceptors (Lipinski definition) is 2. The molecule has 66 valence electrons. The van der Waals surface area contributed by atoms with E-state index in [9.17, 15) is 0 Å². The van der Waals surface area contributed by atoms with Crippen LogP contribution in [0.5, 0.6) is 0 Å². The summed E-state index contributed by atoms with van der Waals surface area (Å²) in [4.78, 5) is 0. The minimum Gasteiger partial charge on any atom is -0.315 e. The summed E-state index contributed by atoms with van der Waals surface area (Å²) in [6, 6.07) is 0.756. The Kier molecular flexibility index (Phi) is 4.55. The zero-order chi connectivity index (χ0) is 7.94. The largest absolute Gasteiger partial charge is 0.315 e. The Labute approximate surface area is 69.8 Å². The first-order valence-electron chi connectivity index (χ1n) is 4.87. The van der Waals surface area contributed by atoms with Crippen molar-refractivity contribution in [1.29, 1.82) is 0 Å². The molecule has 0 unspecified atom stereocenters. The molecule has 2 N–H and O–H groups in total. The van der Waals surface area contributed by atoms with Crippen molar-refractivity contribution < 1.29 is 0 Å². The van der Waals surface area contributed by atoms with Crippen molar-refractivity contribution in [2.75, 3.05) is 19.6 Å². The molecule has 2 heteroatoms. The lowest BCUT2D eigenvalue weighted by Gasteiger charge is -2.10. The molecule has 0 amide bonds. The summed E-state index contributed by atoms with van der Waals surface area (Å²) in [7, 11) is 0.